The Morgan fingerprint density at radius 2 is 1.89 bits per heavy atom. The molecule has 2 aliphatic heterocycles. The number of aliphatic carboxylic acids is 1. The minimum Gasteiger partial charge on any atom is -0.480 e. The van der Waals surface area contributed by atoms with Crippen molar-refractivity contribution in [2.45, 2.75) is 71.8 Å². The van der Waals surface area contributed by atoms with Crippen LogP contribution in [0.5, 0.6) is 0 Å². The van der Waals surface area contributed by atoms with Crippen LogP contribution >= 0.6 is 78.0 Å². The van der Waals surface area contributed by atoms with Crippen molar-refractivity contribution in [3.05, 3.63) is 0 Å². The molecule has 2 heterocycles. The Hall–Kier alpha value is 0.580. The van der Waals surface area contributed by atoms with Gasteiger partial charge >= 0.3 is 5.97 Å². The molecule has 0 saturated carbocycles. The Morgan fingerprint density at radius 1 is 1.36 bits per heavy atom. The van der Waals surface area contributed by atoms with Gasteiger partial charge in [0.25, 0.3) is 0 Å². The first-order valence-corrected chi connectivity index (χ1v) is 9.61. The molecule has 0 radical (unpaired) electrons. The molecule has 11 heteroatoms. The fourth-order valence-electron chi connectivity index (χ4n) is 3.32. The van der Waals surface area contributed by atoms with Crippen LogP contribution in [0.1, 0.15) is 54.4 Å². The third-order valence-corrected chi connectivity index (χ3v) is 6.68. The zero-order valence-electron chi connectivity index (χ0n) is 16.2. The van der Waals surface area contributed by atoms with Gasteiger partial charge in [0.05, 0.1) is 10.4 Å². The molecular formula is C17H38N2O3S6. The van der Waals surface area contributed by atoms with E-state index in [-0.39, 0.29) is 78.6 Å². The van der Waals surface area contributed by atoms with Crippen LogP contribution in [0.2, 0.25) is 0 Å². The largest absolute Gasteiger partial charge is 0.480 e. The highest BCUT2D eigenvalue weighted by molar-refractivity contribution is 7.99. The molecule has 5 nitrogen and oxygen atoms in total. The van der Waals surface area contributed by atoms with Crippen LogP contribution in [0.25, 0.3) is 0 Å². The molecule has 28 heavy (non-hydrogen) atoms. The van der Waals surface area contributed by atoms with Gasteiger partial charge in [-0.3, -0.25) is 4.79 Å². The van der Waals surface area contributed by atoms with Crippen molar-refractivity contribution in [3.8, 4) is 0 Å². The van der Waals surface area contributed by atoms with Gasteiger partial charge in [0.1, 0.15) is 12.1 Å². The molecule has 0 aromatic heterocycles. The minimum atomic E-state index is -0.920. The Labute approximate surface area is 207 Å². The molecule has 2 aliphatic rings. The van der Waals surface area contributed by atoms with Gasteiger partial charge in [-0.25, -0.2) is 4.79 Å². The smallest absolute Gasteiger partial charge is 0.327 e. The number of hydrogen-bond donors (Lipinski definition) is 2. The number of nitrogens with one attached hydrogen (secondary N) is 1. The van der Waals surface area contributed by atoms with Crippen LogP contribution in [-0.4, -0.2) is 50.1 Å². The fourth-order valence-corrected chi connectivity index (χ4v) is 5.21. The van der Waals surface area contributed by atoms with Crippen molar-refractivity contribution in [3.63, 3.8) is 0 Å². The molecular weight excluding hydrogens is 473 g/mol. The van der Waals surface area contributed by atoms with Crippen LogP contribution < -0.4 is 5.32 Å². The second kappa shape index (κ2) is 14.6. The first-order valence-electron chi connectivity index (χ1n) is 8.16. The molecule has 0 aliphatic carbocycles. The SMILES string of the molecule is C.CC[C@@H](C)C(=S)N[C@H]1CCS[C@H]2CC(C)(C)[C@@H](C(=O)O)N2C1=O.S.S.S.S. The summed E-state index contributed by atoms with van der Waals surface area (Å²) in [5.74, 6) is 0.00542. The third kappa shape index (κ3) is 7.68. The molecule has 2 N–H and O–H groups in total. The summed E-state index contributed by atoms with van der Waals surface area (Å²) in [6.45, 7) is 7.96. The Kier molecular flexibility index (Phi) is 18.7. The maximum absolute atomic E-state index is 13.0. The van der Waals surface area contributed by atoms with Crippen molar-refractivity contribution >= 4 is 94.8 Å². The predicted octanol–water partition coefficient (Wildman–Crippen LogP) is 3.58. The fraction of sp³-hybridized carbons (Fsp3) is 0.824. The molecule has 4 atom stereocenters. The summed E-state index contributed by atoms with van der Waals surface area (Å²) >= 11 is 7.08. The Bertz CT molecular complexity index is 521. The van der Waals surface area contributed by atoms with E-state index in [0.29, 0.717) is 17.8 Å². The highest BCUT2D eigenvalue weighted by atomic mass is 32.2. The van der Waals surface area contributed by atoms with Gasteiger partial charge in [-0.2, -0.15) is 54.0 Å². The van der Waals surface area contributed by atoms with Crippen molar-refractivity contribution in [2.75, 3.05) is 5.75 Å². The number of thiocarbonyl (C=S) groups is 1. The second-order valence-corrected chi connectivity index (χ2v) is 8.89. The van der Waals surface area contributed by atoms with Crippen LogP contribution in [-0.2, 0) is 9.59 Å². The average Bonchev–Trinajstić information content (AvgIpc) is 2.66. The summed E-state index contributed by atoms with van der Waals surface area (Å²) in [7, 11) is 0. The standard InChI is InChI=1S/C16H26N2O3S2.CH4.4H2S/c1-5-9(2)13(22)17-10-6-7-23-11-8-16(3,4)12(15(20)21)18(11)14(10)19;;;;;/h9-12H,5-8H2,1-4H3,(H,17,22)(H,20,21);1H4;4*1H2/t9-,10+,11+,12-;;;;;/m1...../s1. The molecule has 2 saturated heterocycles. The van der Waals surface area contributed by atoms with E-state index >= 15 is 0 Å². The number of amides is 1. The van der Waals surface area contributed by atoms with E-state index in [9.17, 15) is 14.7 Å². The van der Waals surface area contributed by atoms with Crippen molar-refractivity contribution < 1.29 is 14.7 Å². The summed E-state index contributed by atoms with van der Waals surface area (Å²) in [6.07, 6.45) is 2.31. The molecule has 0 aromatic carbocycles. The predicted molar refractivity (Wildman–Crippen MR) is 145 cm³/mol. The van der Waals surface area contributed by atoms with E-state index in [1.165, 1.54) is 0 Å². The van der Waals surface area contributed by atoms with E-state index < -0.39 is 23.5 Å². The Balaban J connectivity index is -0.000000576. The number of hydrogen-bond acceptors (Lipinski definition) is 4. The third-order valence-electron chi connectivity index (χ3n) is 4.91. The zero-order valence-corrected chi connectivity index (χ0v) is 21.8. The van der Waals surface area contributed by atoms with Crippen molar-refractivity contribution in [1.29, 1.82) is 0 Å². The molecule has 0 bridgehead atoms. The zero-order chi connectivity index (χ0) is 17.4. The van der Waals surface area contributed by atoms with E-state index in [1.54, 1.807) is 16.7 Å². The quantitative estimate of drug-likeness (QED) is 0.564. The number of fused-ring (bicyclic) bond motifs is 1. The highest BCUT2D eigenvalue weighted by Crippen LogP contribution is 2.46. The lowest BCUT2D eigenvalue weighted by Crippen LogP contribution is -2.54. The number of carbonyl (C=O) groups excluding carboxylic acids is 1. The summed E-state index contributed by atoms with van der Waals surface area (Å²) in [6, 6.07) is -1.18. The summed E-state index contributed by atoms with van der Waals surface area (Å²) in [5.41, 5.74) is -0.418. The van der Waals surface area contributed by atoms with Crippen LogP contribution in [0, 0.1) is 11.3 Å². The van der Waals surface area contributed by atoms with Crippen LogP contribution in [0.3, 0.4) is 0 Å². The monoisotopic (exact) mass is 510 g/mol. The summed E-state index contributed by atoms with van der Waals surface area (Å²) < 4.78 is 0. The molecule has 0 unspecified atom stereocenters. The number of carbonyl (C=O) groups is 2. The van der Waals surface area contributed by atoms with Gasteiger partial charge in [0.2, 0.25) is 5.91 Å². The van der Waals surface area contributed by atoms with E-state index in [0.717, 1.165) is 12.2 Å². The molecule has 170 valence electrons. The second-order valence-electron chi connectivity index (χ2n) is 7.16. The van der Waals surface area contributed by atoms with Gasteiger partial charge in [-0.1, -0.05) is 47.3 Å². The minimum absolute atomic E-state index is 0. The maximum atomic E-state index is 13.0. The van der Waals surface area contributed by atoms with E-state index in [4.69, 9.17) is 12.2 Å². The maximum Gasteiger partial charge on any atom is 0.327 e. The van der Waals surface area contributed by atoms with Crippen LogP contribution in [0.15, 0.2) is 0 Å². The van der Waals surface area contributed by atoms with E-state index in [2.05, 4.69) is 12.2 Å². The van der Waals surface area contributed by atoms with Crippen molar-refractivity contribution in [2.24, 2.45) is 11.3 Å². The van der Waals surface area contributed by atoms with Crippen LogP contribution in [0.4, 0.5) is 0 Å². The normalized spacial score (nSPS) is 25.6. The highest BCUT2D eigenvalue weighted by Gasteiger charge is 2.54. The number of carboxylic acid groups (broad SMARTS) is 1. The van der Waals surface area contributed by atoms with Gasteiger partial charge in [0, 0.05) is 5.92 Å². The average molecular weight is 511 g/mol. The number of rotatable bonds is 4. The molecule has 2 rings (SSSR count). The van der Waals surface area contributed by atoms with Gasteiger partial charge in [-0.05, 0) is 30.4 Å². The molecule has 0 spiro atoms. The van der Waals surface area contributed by atoms with Gasteiger partial charge in [-0.15, -0.1) is 11.8 Å². The molecule has 0 aromatic rings. The van der Waals surface area contributed by atoms with Crippen molar-refractivity contribution in [1.82, 2.24) is 10.2 Å². The lowest BCUT2D eigenvalue weighted by atomic mass is 9.84. The first kappa shape index (κ1) is 36.0. The lowest BCUT2D eigenvalue weighted by molar-refractivity contribution is -0.152. The van der Waals surface area contributed by atoms with Gasteiger partial charge < -0.3 is 15.3 Å². The topological polar surface area (TPSA) is 69.6 Å². The summed E-state index contributed by atoms with van der Waals surface area (Å²) in [5, 5.41) is 12.8. The molecule has 2 fully saturated rings. The number of carboxylic acids is 1. The molecule has 1 amide bonds. The Morgan fingerprint density at radius 3 is 2.36 bits per heavy atom. The van der Waals surface area contributed by atoms with Gasteiger partial charge in [0.15, 0.2) is 0 Å². The first-order chi connectivity index (χ1) is 10.7. The lowest BCUT2D eigenvalue weighted by Gasteiger charge is -2.32. The number of thioether (sulfide) groups is 1. The summed E-state index contributed by atoms with van der Waals surface area (Å²) in [4.78, 5) is 27.1. The number of nitrogens with zero attached hydrogens (tertiary/aromatic N) is 1. The van der Waals surface area contributed by atoms with E-state index in [1.807, 2.05) is 20.8 Å².